The summed E-state index contributed by atoms with van der Waals surface area (Å²) in [5.41, 5.74) is 0.934. The number of rotatable bonds is 4. The van der Waals surface area contributed by atoms with Gasteiger partial charge in [-0.1, -0.05) is 6.92 Å². The summed E-state index contributed by atoms with van der Waals surface area (Å²) in [6.07, 6.45) is 1.02. The van der Waals surface area contributed by atoms with Crippen molar-refractivity contribution in [3.05, 3.63) is 24.3 Å². The van der Waals surface area contributed by atoms with Crippen molar-refractivity contribution in [1.29, 1.82) is 0 Å². The summed E-state index contributed by atoms with van der Waals surface area (Å²) in [4.78, 5) is 1.95. The Morgan fingerprint density at radius 3 is 2.20 bits per heavy atom. The van der Waals surface area contributed by atoms with E-state index in [-0.39, 0.29) is 4.90 Å². The second-order valence-corrected chi connectivity index (χ2v) is 4.81. The second-order valence-electron chi connectivity index (χ2n) is 3.39. The smallest absolute Gasteiger partial charge is 0.294 e. The number of benzene rings is 1. The van der Waals surface area contributed by atoms with Gasteiger partial charge in [-0.25, -0.2) is 0 Å². The third kappa shape index (κ3) is 3.21. The molecule has 0 aliphatic heterocycles. The van der Waals surface area contributed by atoms with Gasteiger partial charge in [0.15, 0.2) is 0 Å². The van der Waals surface area contributed by atoms with E-state index < -0.39 is 10.1 Å². The fraction of sp³-hybridized carbons (Fsp3) is 0.400. The average Bonchev–Trinajstić information content (AvgIpc) is 2.17. The summed E-state index contributed by atoms with van der Waals surface area (Å²) >= 11 is 0. The summed E-state index contributed by atoms with van der Waals surface area (Å²) in [6.45, 7) is 2.98. The fourth-order valence-electron chi connectivity index (χ4n) is 1.34. The Morgan fingerprint density at radius 1 is 1.27 bits per heavy atom. The molecule has 0 aliphatic rings. The van der Waals surface area contributed by atoms with Gasteiger partial charge in [0.05, 0.1) is 4.90 Å². The molecule has 0 heterocycles. The molecule has 0 amide bonds. The number of hydrogen-bond donors (Lipinski definition) is 1. The van der Waals surface area contributed by atoms with Crippen LogP contribution in [0.5, 0.6) is 0 Å². The number of nitrogens with zero attached hydrogens (tertiary/aromatic N) is 1. The predicted molar refractivity (Wildman–Crippen MR) is 59.8 cm³/mol. The molecule has 4 nitrogen and oxygen atoms in total. The van der Waals surface area contributed by atoms with E-state index in [0.717, 1.165) is 18.7 Å². The van der Waals surface area contributed by atoms with Crippen molar-refractivity contribution in [2.45, 2.75) is 18.2 Å². The highest BCUT2D eigenvalue weighted by atomic mass is 32.2. The second kappa shape index (κ2) is 4.63. The molecule has 1 rings (SSSR count). The Bertz CT molecular complexity index is 411. The SMILES string of the molecule is CCCN(C)c1ccc(S(=O)(=O)O)cc1. The van der Waals surface area contributed by atoms with Gasteiger partial charge in [0.2, 0.25) is 0 Å². The molecule has 0 saturated carbocycles. The molecule has 0 aromatic heterocycles. The van der Waals surface area contributed by atoms with Crippen LogP contribution in [0.15, 0.2) is 29.2 Å². The van der Waals surface area contributed by atoms with Crippen molar-refractivity contribution >= 4 is 15.8 Å². The van der Waals surface area contributed by atoms with Crippen molar-refractivity contribution in [1.82, 2.24) is 0 Å². The maximum absolute atomic E-state index is 10.8. The lowest BCUT2D eigenvalue weighted by Gasteiger charge is -2.18. The van der Waals surface area contributed by atoms with Gasteiger partial charge in [0, 0.05) is 19.3 Å². The maximum atomic E-state index is 10.8. The number of anilines is 1. The van der Waals surface area contributed by atoms with E-state index >= 15 is 0 Å². The molecule has 5 heteroatoms. The van der Waals surface area contributed by atoms with Crippen LogP contribution in [0.1, 0.15) is 13.3 Å². The van der Waals surface area contributed by atoms with Crippen molar-refractivity contribution in [2.24, 2.45) is 0 Å². The molecule has 1 aromatic rings. The average molecular weight is 229 g/mol. The highest BCUT2D eigenvalue weighted by Gasteiger charge is 2.09. The van der Waals surface area contributed by atoms with E-state index in [1.54, 1.807) is 12.1 Å². The normalized spacial score (nSPS) is 11.4. The van der Waals surface area contributed by atoms with Crippen molar-refractivity contribution in [3.8, 4) is 0 Å². The molecule has 0 fully saturated rings. The van der Waals surface area contributed by atoms with Gasteiger partial charge >= 0.3 is 0 Å². The molecular formula is C10H15NO3S. The van der Waals surface area contributed by atoms with Crippen LogP contribution in [0.25, 0.3) is 0 Å². The van der Waals surface area contributed by atoms with Gasteiger partial charge in [-0.2, -0.15) is 8.42 Å². The molecule has 1 aromatic carbocycles. The lowest BCUT2D eigenvalue weighted by molar-refractivity contribution is 0.483. The molecule has 0 aliphatic carbocycles. The third-order valence-corrected chi connectivity index (χ3v) is 3.00. The van der Waals surface area contributed by atoms with Crippen LogP contribution in [-0.4, -0.2) is 26.6 Å². The zero-order valence-electron chi connectivity index (χ0n) is 8.84. The maximum Gasteiger partial charge on any atom is 0.294 e. The van der Waals surface area contributed by atoms with E-state index in [2.05, 4.69) is 6.92 Å². The van der Waals surface area contributed by atoms with Gasteiger partial charge in [-0.15, -0.1) is 0 Å². The summed E-state index contributed by atoms with van der Waals surface area (Å²) in [5.74, 6) is 0. The Labute approximate surface area is 90.3 Å². The van der Waals surface area contributed by atoms with Crippen LogP contribution in [-0.2, 0) is 10.1 Å². The van der Waals surface area contributed by atoms with Crippen LogP contribution >= 0.6 is 0 Å². The lowest BCUT2D eigenvalue weighted by atomic mass is 10.3. The van der Waals surface area contributed by atoms with E-state index in [0.29, 0.717) is 0 Å². The first-order valence-electron chi connectivity index (χ1n) is 4.74. The third-order valence-electron chi connectivity index (χ3n) is 2.13. The first-order valence-corrected chi connectivity index (χ1v) is 6.18. The summed E-state index contributed by atoms with van der Waals surface area (Å²) in [5, 5.41) is 0. The van der Waals surface area contributed by atoms with Crippen molar-refractivity contribution < 1.29 is 13.0 Å². The van der Waals surface area contributed by atoms with Gasteiger partial charge in [0.1, 0.15) is 0 Å². The monoisotopic (exact) mass is 229 g/mol. The molecule has 0 atom stereocenters. The zero-order chi connectivity index (χ0) is 11.5. The van der Waals surface area contributed by atoms with Crippen LogP contribution in [0.4, 0.5) is 5.69 Å². The summed E-state index contributed by atoms with van der Waals surface area (Å²) < 4.78 is 30.3. The molecule has 0 unspecified atom stereocenters. The van der Waals surface area contributed by atoms with Gasteiger partial charge < -0.3 is 4.90 Å². The van der Waals surface area contributed by atoms with Crippen molar-refractivity contribution in [2.75, 3.05) is 18.5 Å². The first kappa shape index (κ1) is 12.0. The van der Waals surface area contributed by atoms with Crippen LogP contribution in [0, 0.1) is 0 Å². The minimum Gasteiger partial charge on any atom is -0.375 e. The van der Waals surface area contributed by atoms with Crippen LogP contribution in [0.2, 0.25) is 0 Å². The molecule has 0 spiro atoms. The van der Waals surface area contributed by atoms with Gasteiger partial charge in [-0.05, 0) is 30.7 Å². The fourth-order valence-corrected chi connectivity index (χ4v) is 1.82. The van der Waals surface area contributed by atoms with Gasteiger partial charge in [-0.3, -0.25) is 4.55 Å². The Morgan fingerprint density at radius 2 is 1.80 bits per heavy atom. The Kier molecular flexibility index (Phi) is 3.71. The van der Waals surface area contributed by atoms with Crippen LogP contribution in [0.3, 0.4) is 0 Å². The number of hydrogen-bond acceptors (Lipinski definition) is 3. The highest BCUT2D eigenvalue weighted by Crippen LogP contribution is 2.16. The topological polar surface area (TPSA) is 57.6 Å². The largest absolute Gasteiger partial charge is 0.375 e. The van der Waals surface area contributed by atoms with E-state index in [1.165, 1.54) is 12.1 Å². The zero-order valence-corrected chi connectivity index (χ0v) is 9.66. The van der Waals surface area contributed by atoms with Crippen LogP contribution < -0.4 is 4.90 Å². The Hall–Kier alpha value is -1.07. The first-order chi connectivity index (χ1) is 6.95. The molecule has 0 bridgehead atoms. The minimum atomic E-state index is -4.08. The van der Waals surface area contributed by atoms with Gasteiger partial charge in [0.25, 0.3) is 10.1 Å². The summed E-state index contributed by atoms with van der Waals surface area (Å²) in [7, 11) is -2.14. The predicted octanol–water partition coefficient (Wildman–Crippen LogP) is 1.78. The molecule has 0 radical (unpaired) electrons. The molecule has 15 heavy (non-hydrogen) atoms. The molecule has 1 N–H and O–H groups in total. The quantitative estimate of drug-likeness (QED) is 0.799. The molecule has 0 saturated heterocycles. The summed E-state index contributed by atoms with van der Waals surface area (Å²) in [6, 6.07) is 6.16. The highest BCUT2D eigenvalue weighted by molar-refractivity contribution is 7.85. The Balaban J connectivity index is 2.90. The van der Waals surface area contributed by atoms with E-state index in [4.69, 9.17) is 4.55 Å². The van der Waals surface area contributed by atoms with Crippen molar-refractivity contribution in [3.63, 3.8) is 0 Å². The van der Waals surface area contributed by atoms with E-state index in [1.807, 2.05) is 11.9 Å². The van der Waals surface area contributed by atoms with E-state index in [9.17, 15) is 8.42 Å². The molecule has 84 valence electrons. The molecular weight excluding hydrogens is 214 g/mol. The minimum absolute atomic E-state index is 0.0730. The standard InChI is InChI=1S/C10H15NO3S/c1-3-8-11(2)9-4-6-10(7-5-9)15(12,13)14/h4-7H,3,8H2,1-2H3,(H,12,13,14). The lowest BCUT2D eigenvalue weighted by Crippen LogP contribution is -2.17.